The largest absolute Gasteiger partial charge is 0.394 e. The molecule has 0 rings (SSSR count). The average Bonchev–Trinajstić information content (AvgIpc) is 3.35. The van der Waals surface area contributed by atoms with Gasteiger partial charge in [-0.3, -0.25) is 4.79 Å². The fraction of sp³-hybridized carbons (Fsp3) is 0.831. The van der Waals surface area contributed by atoms with Gasteiger partial charge >= 0.3 is 0 Å². The number of unbranched alkanes of at least 4 members (excludes halogenated alkanes) is 42. The average molecular weight is 965 g/mol. The summed E-state index contributed by atoms with van der Waals surface area (Å²) in [6.07, 6.45) is 85.5. The minimum absolute atomic E-state index is 0.0605. The molecule has 2 unspecified atom stereocenters. The van der Waals surface area contributed by atoms with Crippen molar-refractivity contribution in [1.82, 2.24) is 5.32 Å². The Balaban J connectivity index is 3.46. The van der Waals surface area contributed by atoms with Gasteiger partial charge in [0.15, 0.2) is 0 Å². The SMILES string of the molecule is CC/C=C\C/C=C\C/C=C\C/C=C\CCCCCCCCCCCCCCCCCCC(=O)NC(CO)C(O)/C=C/CCCCCCCCCCCCCCCCCCCCCCCCCCCC. The minimum Gasteiger partial charge on any atom is -0.394 e. The second-order valence-electron chi connectivity index (χ2n) is 21.1. The molecule has 0 saturated carbocycles. The van der Waals surface area contributed by atoms with E-state index < -0.39 is 12.1 Å². The fourth-order valence-electron chi connectivity index (χ4n) is 9.59. The van der Waals surface area contributed by atoms with Gasteiger partial charge < -0.3 is 15.5 Å². The first-order valence-electron chi connectivity index (χ1n) is 31.0. The van der Waals surface area contributed by atoms with Crippen LogP contribution in [0.5, 0.6) is 0 Å². The van der Waals surface area contributed by atoms with Crippen molar-refractivity contribution in [3.8, 4) is 0 Å². The molecule has 4 nitrogen and oxygen atoms in total. The van der Waals surface area contributed by atoms with Gasteiger partial charge in [-0.05, 0) is 57.8 Å². The summed E-state index contributed by atoms with van der Waals surface area (Å²) < 4.78 is 0. The molecule has 1 amide bonds. The summed E-state index contributed by atoms with van der Waals surface area (Å²) >= 11 is 0. The van der Waals surface area contributed by atoms with Gasteiger partial charge in [0.05, 0.1) is 18.8 Å². The molecule has 69 heavy (non-hydrogen) atoms. The molecular formula is C65H121NO3. The van der Waals surface area contributed by atoms with E-state index in [9.17, 15) is 15.0 Å². The first-order valence-corrected chi connectivity index (χ1v) is 31.0. The third kappa shape index (κ3) is 56.9. The standard InChI is InChI=1S/C65H121NO3/c1-3-5-7-9-11-13-15-17-19-21-23-25-27-29-31-33-35-37-39-41-43-45-47-49-51-53-55-57-59-61-65(69)66-63(62-67)64(68)60-58-56-54-52-50-48-46-44-42-40-38-36-34-32-30-28-26-24-22-20-18-16-14-12-10-8-6-4-2/h5,7,11,13,17,19,23,25,58,60,63-64,67-68H,3-4,6,8-10,12,14-16,18,20-22,24,26-57,59,61-62H2,1-2H3,(H,66,69)/b7-5-,13-11-,19-17-,25-23-,60-58+. The summed E-state index contributed by atoms with van der Waals surface area (Å²) in [5, 5.41) is 23.3. The Morgan fingerprint density at radius 3 is 0.957 bits per heavy atom. The lowest BCUT2D eigenvalue weighted by molar-refractivity contribution is -0.123. The predicted molar refractivity (Wildman–Crippen MR) is 308 cm³/mol. The quantitative estimate of drug-likeness (QED) is 0.0420. The van der Waals surface area contributed by atoms with Crippen molar-refractivity contribution in [2.75, 3.05) is 6.61 Å². The second-order valence-corrected chi connectivity index (χ2v) is 21.1. The number of rotatable bonds is 57. The molecule has 2 atom stereocenters. The van der Waals surface area contributed by atoms with Crippen molar-refractivity contribution in [2.24, 2.45) is 0 Å². The predicted octanol–water partition coefficient (Wildman–Crippen LogP) is 20.8. The van der Waals surface area contributed by atoms with Crippen LogP contribution in [0.25, 0.3) is 0 Å². The number of amides is 1. The number of hydrogen-bond donors (Lipinski definition) is 3. The molecule has 0 radical (unpaired) electrons. The van der Waals surface area contributed by atoms with Crippen molar-refractivity contribution in [1.29, 1.82) is 0 Å². The van der Waals surface area contributed by atoms with Crippen LogP contribution in [0.3, 0.4) is 0 Å². The summed E-state index contributed by atoms with van der Waals surface area (Å²) in [7, 11) is 0. The zero-order valence-corrected chi connectivity index (χ0v) is 46.6. The number of aliphatic hydroxyl groups is 2. The minimum atomic E-state index is -0.842. The number of hydrogen-bond acceptors (Lipinski definition) is 3. The van der Waals surface area contributed by atoms with Gasteiger partial charge in [-0.15, -0.1) is 0 Å². The Morgan fingerprint density at radius 2 is 0.638 bits per heavy atom. The Bertz CT molecular complexity index is 1140. The highest BCUT2D eigenvalue weighted by Crippen LogP contribution is 2.18. The van der Waals surface area contributed by atoms with Crippen LogP contribution in [-0.2, 0) is 4.79 Å². The summed E-state index contributed by atoms with van der Waals surface area (Å²) in [5.74, 6) is -0.0605. The Labute approximate surface area is 432 Å². The smallest absolute Gasteiger partial charge is 0.220 e. The van der Waals surface area contributed by atoms with E-state index in [1.807, 2.05) is 6.08 Å². The van der Waals surface area contributed by atoms with Crippen LogP contribution in [0.15, 0.2) is 60.8 Å². The summed E-state index contributed by atoms with van der Waals surface area (Å²) in [6.45, 7) is 4.23. The zero-order chi connectivity index (χ0) is 49.9. The molecule has 3 N–H and O–H groups in total. The third-order valence-electron chi connectivity index (χ3n) is 14.3. The van der Waals surface area contributed by atoms with E-state index >= 15 is 0 Å². The Kier molecular flexibility index (Phi) is 58.7. The normalized spacial score (nSPS) is 13.2. The molecule has 0 fully saturated rings. The maximum atomic E-state index is 12.5. The molecule has 0 aliphatic carbocycles. The highest BCUT2D eigenvalue weighted by atomic mass is 16.3. The van der Waals surface area contributed by atoms with Crippen LogP contribution in [0.1, 0.15) is 328 Å². The molecule has 0 heterocycles. The summed E-state index contributed by atoms with van der Waals surface area (Å²) in [4.78, 5) is 12.5. The lowest BCUT2D eigenvalue weighted by Gasteiger charge is -2.20. The van der Waals surface area contributed by atoms with Crippen molar-refractivity contribution in [2.45, 2.75) is 341 Å². The Hall–Kier alpha value is -1.91. The van der Waals surface area contributed by atoms with Crippen LogP contribution in [0, 0.1) is 0 Å². The van der Waals surface area contributed by atoms with Crippen molar-refractivity contribution < 1.29 is 15.0 Å². The van der Waals surface area contributed by atoms with Crippen LogP contribution in [0.2, 0.25) is 0 Å². The van der Waals surface area contributed by atoms with E-state index in [0.717, 1.165) is 51.4 Å². The highest BCUT2D eigenvalue weighted by molar-refractivity contribution is 5.76. The maximum absolute atomic E-state index is 12.5. The Morgan fingerprint density at radius 1 is 0.362 bits per heavy atom. The summed E-state index contributed by atoms with van der Waals surface area (Å²) in [6, 6.07) is -0.625. The van der Waals surface area contributed by atoms with Gasteiger partial charge in [-0.25, -0.2) is 0 Å². The van der Waals surface area contributed by atoms with E-state index in [1.54, 1.807) is 6.08 Å². The number of carbonyl (C=O) groups is 1. The van der Waals surface area contributed by atoms with Gasteiger partial charge in [-0.2, -0.15) is 0 Å². The lowest BCUT2D eigenvalue weighted by atomic mass is 10.0. The van der Waals surface area contributed by atoms with Crippen LogP contribution >= 0.6 is 0 Å². The zero-order valence-electron chi connectivity index (χ0n) is 46.6. The molecule has 0 aliphatic heterocycles. The highest BCUT2D eigenvalue weighted by Gasteiger charge is 2.18. The number of allylic oxidation sites excluding steroid dienone is 9. The topological polar surface area (TPSA) is 69.6 Å². The second kappa shape index (κ2) is 60.4. The number of carbonyl (C=O) groups excluding carboxylic acids is 1. The maximum Gasteiger partial charge on any atom is 0.220 e. The summed E-state index contributed by atoms with van der Waals surface area (Å²) in [5.41, 5.74) is 0. The van der Waals surface area contributed by atoms with Crippen molar-refractivity contribution in [3.05, 3.63) is 60.8 Å². The molecule has 0 aromatic carbocycles. The number of nitrogens with one attached hydrogen (secondary N) is 1. The first-order chi connectivity index (χ1) is 34.2. The lowest BCUT2D eigenvalue weighted by Crippen LogP contribution is -2.45. The van der Waals surface area contributed by atoms with E-state index in [4.69, 9.17) is 0 Å². The van der Waals surface area contributed by atoms with Gasteiger partial charge in [0.2, 0.25) is 5.91 Å². The van der Waals surface area contributed by atoms with Gasteiger partial charge in [0.25, 0.3) is 0 Å². The van der Waals surface area contributed by atoms with E-state index in [1.165, 1.54) is 257 Å². The van der Waals surface area contributed by atoms with Crippen LogP contribution < -0.4 is 5.32 Å². The van der Waals surface area contributed by atoms with Gasteiger partial charge in [0, 0.05) is 6.42 Å². The molecule has 0 saturated heterocycles. The van der Waals surface area contributed by atoms with Gasteiger partial charge in [-0.1, -0.05) is 325 Å². The molecular weight excluding hydrogens is 843 g/mol. The third-order valence-corrected chi connectivity index (χ3v) is 14.3. The molecule has 0 aliphatic rings. The van der Waals surface area contributed by atoms with Crippen molar-refractivity contribution >= 4 is 5.91 Å². The molecule has 0 aromatic rings. The van der Waals surface area contributed by atoms with Crippen LogP contribution in [-0.4, -0.2) is 34.9 Å². The molecule has 0 spiro atoms. The molecule has 404 valence electrons. The monoisotopic (exact) mass is 964 g/mol. The molecule has 4 heteroatoms. The molecule has 0 aromatic heterocycles. The number of aliphatic hydroxyl groups excluding tert-OH is 2. The van der Waals surface area contributed by atoms with E-state index in [-0.39, 0.29) is 12.5 Å². The van der Waals surface area contributed by atoms with E-state index in [0.29, 0.717) is 6.42 Å². The van der Waals surface area contributed by atoms with Gasteiger partial charge in [0.1, 0.15) is 0 Å². The van der Waals surface area contributed by atoms with Crippen molar-refractivity contribution in [3.63, 3.8) is 0 Å². The molecule has 0 bridgehead atoms. The van der Waals surface area contributed by atoms with Crippen LogP contribution in [0.4, 0.5) is 0 Å². The van der Waals surface area contributed by atoms with E-state index in [2.05, 4.69) is 67.8 Å². The first kappa shape index (κ1) is 67.1. The fourth-order valence-corrected chi connectivity index (χ4v) is 9.59.